The first-order valence-corrected chi connectivity index (χ1v) is 8.87. The molecule has 0 fully saturated rings. The monoisotopic (exact) mass is 380 g/mol. The second kappa shape index (κ2) is 6.25. The standard InChI is InChI=1S/C24H8N6/c1-27-23-24(28-2)30-22-20-10-16(12-26)15(11-25)9-18(20)17-7-13-5-3-4-6-14(13)8-19(17)21(22)29-23/h3-10H. The Morgan fingerprint density at radius 1 is 0.667 bits per heavy atom. The van der Waals surface area contributed by atoms with Crippen LogP contribution in [0.25, 0.3) is 53.0 Å². The normalized spacial score (nSPS) is 10.5. The number of hydrogen-bond acceptors (Lipinski definition) is 4. The molecule has 6 nitrogen and oxygen atoms in total. The van der Waals surface area contributed by atoms with E-state index in [2.05, 4.69) is 31.8 Å². The maximum absolute atomic E-state index is 9.51. The van der Waals surface area contributed by atoms with E-state index in [0.29, 0.717) is 16.4 Å². The van der Waals surface area contributed by atoms with Gasteiger partial charge in [-0.1, -0.05) is 37.4 Å². The molecule has 134 valence electrons. The highest BCUT2D eigenvalue weighted by molar-refractivity contribution is 6.26. The topological polar surface area (TPSA) is 82.1 Å². The lowest BCUT2D eigenvalue weighted by Gasteiger charge is -2.09. The van der Waals surface area contributed by atoms with E-state index in [1.807, 2.05) is 36.4 Å². The molecule has 0 N–H and O–H groups in total. The van der Waals surface area contributed by atoms with Crippen molar-refractivity contribution in [3.05, 3.63) is 82.5 Å². The molecule has 0 radical (unpaired) electrons. The summed E-state index contributed by atoms with van der Waals surface area (Å²) in [6.45, 7) is 14.8. The van der Waals surface area contributed by atoms with Gasteiger partial charge in [0.2, 0.25) is 11.0 Å². The molecule has 0 bridgehead atoms. The zero-order valence-electron chi connectivity index (χ0n) is 15.3. The minimum atomic E-state index is -0.0817. The average molecular weight is 380 g/mol. The van der Waals surface area contributed by atoms with E-state index < -0.39 is 0 Å². The Labute approximate surface area is 170 Å². The van der Waals surface area contributed by atoms with Gasteiger partial charge in [0.1, 0.15) is 12.1 Å². The minimum Gasteiger partial charge on any atom is -0.370 e. The summed E-state index contributed by atoms with van der Waals surface area (Å²) in [6, 6.07) is 19.3. The van der Waals surface area contributed by atoms with Gasteiger partial charge >= 0.3 is 0 Å². The average Bonchev–Trinajstić information content (AvgIpc) is 2.81. The summed E-state index contributed by atoms with van der Waals surface area (Å²) in [6.07, 6.45) is 0. The number of benzene rings is 4. The van der Waals surface area contributed by atoms with E-state index >= 15 is 0 Å². The highest BCUT2D eigenvalue weighted by Gasteiger charge is 2.21. The Balaban J connectivity index is 2.15. The van der Waals surface area contributed by atoms with Gasteiger partial charge in [-0.15, -0.1) is 9.97 Å². The van der Waals surface area contributed by atoms with Crippen molar-refractivity contribution in [1.82, 2.24) is 9.97 Å². The maximum atomic E-state index is 9.51. The van der Waals surface area contributed by atoms with Gasteiger partial charge in [-0.05, 0) is 45.8 Å². The fourth-order valence-corrected chi connectivity index (χ4v) is 3.81. The van der Waals surface area contributed by atoms with Crippen LogP contribution in [0, 0.1) is 35.8 Å². The molecule has 4 aromatic carbocycles. The molecule has 0 aliphatic carbocycles. The highest BCUT2D eigenvalue weighted by Crippen LogP contribution is 2.39. The number of fused-ring (bicyclic) bond motifs is 7. The zero-order valence-corrected chi connectivity index (χ0v) is 15.3. The van der Waals surface area contributed by atoms with Crippen molar-refractivity contribution in [1.29, 1.82) is 10.5 Å². The van der Waals surface area contributed by atoms with Crippen molar-refractivity contribution in [2.45, 2.75) is 0 Å². The Bertz CT molecular complexity index is 1610. The van der Waals surface area contributed by atoms with Crippen LogP contribution in [-0.2, 0) is 0 Å². The summed E-state index contributed by atoms with van der Waals surface area (Å²) >= 11 is 0. The SMILES string of the molecule is [C-]#[N+]c1nc2c3cc(C#N)c(C#N)cc3c3cc4ccccc4cc3c2nc1[N+]#[C-]. The lowest BCUT2D eigenvalue weighted by atomic mass is 9.93. The summed E-state index contributed by atoms with van der Waals surface area (Å²) < 4.78 is 0. The van der Waals surface area contributed by atoms with Crippen LogP contribution < -0.4 is 0 Å². The zero-order chi connectivity index (χ0) is 20.8. The van der Waals surface area contributed by atoms with Gasteiger partial charge in [0.15, 0.2) is 0 Å². The van der Waals surface area contributed by atoms with Crippen LogP contribution in [0.15, 0.2) is 48.5 Å². The van der Waals surface area contributed by atoms with Crippen LogP contribution >= 0.6 is 0 Å². The first-order valence-electron chi connectivity index (χ1n) is 8.87. The molecule has 30 heavy (non-hydrogen) atoms. The van der Waals surface area contributed by atoms with E-state index in [1.165, 1.54) is 0 Å². The maximum Gasteiger partial charge on any atom is 0.294 e. The molecular weight excluding hydrogens is 372 g/mol. The largest absolute Gasteiger partial charge is 0.370 e. The van der Waals surface area contributed by atoms with Gasteiger partial charge in [-0.3, -0.25) is 0 Å². The highest BCUT2D eigenvalue weighted by atomic mass is 15.0. The third kappa shape index (κ3) is 2.26. The van der Waals surface area contributed by atoms with Crippen molar-refractivity contribution in [2.75, 3.05) is 0 Å². The van der Waals surface area contributed by atoms with E-state index in [1.54, 1.807) is 12.1 Å². The van der Waals surface area contributed by atoms with Gasteiger partial charge in [-0.2, -0.15) is 10.5 Å². The molecule has 0 amide bonds. The van der Waals surface area contributed by atoms with Gasteiger partial charge in [-0.25, -0.2) is 0 Å². The Kier molecular flexibility index (Phi) is 3.56. The van der Waals surface area contributed by atoms with Crippen LogP contribution in [-0.4, -0.2) is 9.97 Å². The van der Waals surface area contributed by atoms with E-state index in [0.717, 1.165) is 26.9 Å². The fourth-order valence-electron chi connectivity index (χ4n) is 3.81. The van der Waals surface area contributed by atoms with Crippen LogP contribution in [0.1, 0.15) is 11.1 Å². The quantitative estimate of drug-likeness (QED) is 0.189. The first kappa shape index (κ1) is 17.1. The summed E-state index contributed by atoms with van der Waals surface area (Å²) in [5.74, 6) is -0.137. The molecular formula is C24H8N6. The Morgan fingerprint density at radius 2 is 1.10 bits per heavy atom. The predicted molar refractivity (Wildman–Crippen MR) is 114 cm³/mol. The molecule has 0 saturated heterocycles. The number of rotatable bonds is 0. The Morgan fingerprint density at radius 3 is 1.60 bits per heavy atom. The smallest absolute Gasteiger partial charge is 0.294 e. The van der Waals surface area contributed by atoms with Crippen molar-refractivity contribution in [2.24, 2.45) is 0 Å². The molecule has 0 aliphatic rings. The van der Waals surface area contributed by atoms with Gasteiger partial charge in [0.25, 0.3) is 11.6 Å². The molecule has 0 unspecified atom stereocenters. The van der Waals surface area contributed by atoms with Crippen LogP contribution in [0.4, 0.5) is 11.6 Å². The van der Waals surface area contributed by atoms with Gasteiger partial charge in [0, 0.05) is 10.8 Å². The third-order valence-electron chi connectivity index (χ3n) is 5.16. The summed E-state index contributed by atoms with van der Waals surface area (Å²) in [5, 5.41) is 24.0. The van der Waals surface area contributed by atoms with E-state index in [-0.39, 0.29) is 22.8 Å². The van der Waals surface area contributed by atoms with Gasteiger partial charge in [0.05, 0.1) is 11.1 Å². The number of aromatic nitrogens is 2. The lowest BCUT2D eigenvalue weighted by molar-refractivity contribution is 1.35. The molecule has 6 heteroatoms. The first-order chi connectivity index (χ1) is 14.7. The van der Waals surface area contributed by atoms with Crippen molar-refractivity contribution < 1.29 is 0 Å². The third-order valence-corrected chi connectivity index (χ3v) is 5.16. The molecule has 0 spiro atoms. The Hall–Kier alpha value is -5.04. The number of nitrogens with zero attached hydrogens (tertiary/aromatic N) is 6. The minimum absolute atomic E-state index is 0.0551. The molecule has 0 aliphatic heterocycles. The van der Waals surface area contributed by atoms with Crippen LogP contribution in [0.2, 0.25) is 0 Å². The summed E-state index contributed by atoms with van der Waals surface area (Å²) in [7, 11) is 0. The van der Waals surface area contributed by atoms with Gasteiger partial charge < -0.3 is 9.69 Å². The molecule has 5 aromatic rings. The lowest BCUT2D eigenvalue weighted by Crippen LogP contribution is -1.93. The molecule has 0 atom stereocenters. The van der Waals surface area contributed by atoms with Crippen LogP contribution in [0.3, 0.4) is 0 Å². The summed E-state index contributed by atoms with van der Waals surface area (Å²) in [5.41, 5.74) is 1.43. The number of nitriles is 2. The second-order valence-electron chi connectivity index (χ2n) is 6.70. The van der Waals surface area contributed by atoms with Crippen molar-refractivity contribution in [3.63, 3.8) is 0 Å². The van der Waals surface area contributed by atoms with Crippen LogP contribution in [0.5, 0.6) is 0 Å². The molecule has 1 aromatic heterocycles. The molecule has 5 rings (SSSR count). The fraction of sp³-hybridized carbons (Fsp3) is 0. The molecule has 1 heterocycles. The molecule has 0 saturated carbocycles. The predicted octanol–water partition coefficient (Wildman–Crippen LogP) is 5.93. The van der Waals surface area contributed by atoms with E-state index in [9.17, 15) is 10.5 Å². The summed E-state index contributed by atoms with van der Waals surface area (Å²) in [4.78, 5) is 15.6. The second-order valence-corrected chi connectivity index (χ2v) is 6.70. The number of hydrogen-bond donors (Lipinski definition) is 0. The van der Waals surface area contributed by atoms with Crippen molar-refractivity contribution >= 4 is 55.0 Å². The van der Waals surface area contributed by atoms with Crippen molar-refractivity contribution in [3.8, 4) is 12.1 Å². The van der Waals surface area contributed by atoms with E-state index in [4.69, 9.17) is 13.1 Å².